The molecule has 1 nitrogen and oxygen atoms in total. The fourth-order valence-electron chi connectivity index (χ4n) is 1.67. The van der Waals surface area contributed by atoms with Gasteiger partial charge in [-0.25, -0.2) is 4.39 Å². The molecule has 1 atom stereocenters. The van der Waals surface area contributed by atoms with Crippen LogP contribution in [0.4, 0.5) is 4.39 Å². The Balaban J connectivity index is 2.03. The fourth-order valence-corrected chi connectivity index (χ4v) is 2.77. The van der Waals surface area contributed by atoms with Crippen LogP contribution in [0.25, 0.3) is 0 Å². The first-order valence-corrected chi connectivity index (χ1v) is 7.25. The maximum atomic E-state index is 13.1. The molecular formula is C15H14ClFOS. The molecule has 0 heterocycles. The predicted octanol–water partition coefficient (Wildman–Crippen LogP) is 4.61. The summed E-state index contributed by atoms with van der Waals surface area (Å²) in [6.45, 7) is 2.02. The van der Waals surface area contributed by atoms with Crippen molar-refractivity contribution in [2.75, 3.05) is 5.75 Å². The van der Waals surface area contributed by atoms with Gasteiger partial charge in [-0.05, 0) is 37.3 Å². The van der Waals surface area contributed by atoms with Crippen molar-refractivity contribution in [1.29, 1.82) is 0 Å². The Morgan fingerprint density at radius 2 is 1.89 bits per heavy atom. The number of aliphatic hydroxyl groups is 1. The van der Waals surface area contributed by atoms with E-state index in [0.717, 1.165) is 4.90 Å². The summed E-state index contributed by atoms with van der Waals surface area (Å²) in [6, 6.07) is 12.1. The summed E-state index contributed by atoms with van der Waals surface area (Å²) in [5.74, 6) is 0.0467. The van der Waals surface area contributed by atoms with Gasteiger partial charge >= 0.3 is 0 Å². The highest BCUT2D eigenvalue weighted by Crippen LogP contribution is 2.29. The van der Waals surface area contributed by atoms with Crippen LogP contribution in [0.2, 0.25) is 5.02 Å². The van der Waals surface area contributed by atoms with E-state index in [1.807, 2.05) is 31.2 Å². The smallest absolute Gasteiger partial charge is 0.123 e. The van der Waals surface area contributed by atoms with Crippen molar-refractivity contribution in [3.05, 3.63) is 64.4 Å². The highest BCUT2D eigenvalue weighted by molar-refractivity contribution is 7.99. The van der Waals surface area contributed by atoms with Crippen molar-refractivity contribution < 1.29 is 9.50 Å². The molecule has 4 heteroatoms. The Hall–Kier alpha value is -1.03. The van der Waals surface area contributed by atoms with Crippen LogP contribution in [0.1, 0.15) is 17.2 Å². The lowest BCUT2D eigenvalue weighted by molar-refractivity contribution is 0.203. The lowest BCUT2D eigenvalue weighted by Crippen LogP contribution is -2.02. The van der Waals surface area contributed by atoms with Crippen LogP contribution in [-0.2, 0) is 0 Å². The zero-order valence-corrected chi connectivity index (χ0v) is 12.0. The van der Waals surface area contributed by atoms with Crippen LogP contribution >= 0.6 is 23.4 Å². The van der Waals surface area contributed by atoms with Gasteiger partial charge in [0.25, 0.3) is 0 Å². The minimum absolute atomic E-state index is 0.387. The van der Waals surface area contributed by atoms with E-state index in [1.165, 1.54) is 35.5 Å². The highest BCUT2D eigenvalue weighted by Gasteiger charge is 2.13. The molecular weight excluding hydrogens is 283 g/mol. The van der Waals surface area contributed by atoms with Gasteiger partial charge in [0.15, 0.2) is 0 Å². The normalized spacial score (nSPS) is 12.4. The third-order valence-corrected chi connectivity index (χ3v) is 4.18. The van der Waals surface area contributed by atoms with Gasteiger partial charge in [-0.15, -0.1) is 11.8 Å². The van der Waals surface area contributed by atoms with E-state index in [1.54, 1.807) is 0 Å². The van der Waals surface area contributed by atoms with E-state index in [0.29, 0.717) is 16.3 Å². The number of rotatable bonds is 4. The molecule has 0 aromatic heterocycles. The van der Waals surface area contributed by atoms with Crippen LogP contribution in [0, 0.1) is 12.7 Å². The third kappa shape index (κ3) is 3.96. The number of aliphatic hydroxyl groups excluding tert-OH is 1. The van der Waals surface area contributed by atoms with E-state index in [9.17, 15) is 9.50 Å². The average Bonchev–Trinajstić information content (AvgIpc) is 2.40. The summed E-state index contributed by atoms with van der Waals surface area (Å²) in [5, 5.41) is 10.5. The molecule has 0 fully saturated rings. The maximum Gasteiger partial charge on any atom is 0.123 e. The van der Waals surface area contributed by atoms with Gasteiger partial charge in [0.1, 0.15) is 5.82 Å². The Labute approximate surface area is 121 Å². The Bertz CT molecular complexity index is 557. The topological polar surface area (TPSA) is 20.2 Å². The second-order valence-corrected chi connectivity index (χ2v) is 5.81. The quantitative estimate of drug-likeness (QED) is 0.831. The van der Waals surface area contributed by atoms with Crippen molar-refractivity contribution in [1.82, 2.24) is 0 Å². The lowest BCUT2D eigenvalue weighted by atomic mass is 10.1. The van der Waals surface area contributed by atoms with Crippen molar-refractivity contribution in [2.45, 2.75) is 17.9 Å². The summed E-state index contributed by atoms with van der Waals surface area (Å²) in [5.41, 5.74) is 1.62. The maximum absolute atomic E-state index is 13.1. The van der Waals surface area contributed by atoms with E-state index in [4.69, 9.17) is 11.6 Å². The summed E-state index contributed by atoms with van der Waals surface area (Å²) < 4.78 is 13.1. The number of hydrogen-bond donors (Lipinski definition) is 1. The lowest BCUT2D eigenvalue weighted by Gasteiger charge is -2.12. The molecule has 2 aromatic carbocycles. The SMILES string of the molecule is Cc1ccc(SCC(O)c2cc(F)ccc2Cl)cc1. The number of halogens is 2. The number of benzene rings is 2. The molecule has 0 radical (unpaired) electrons. The third-order valence-electron chi connectivity index (χ3n) is 2.75. The first-order chi connectivity index (χ1) is 9.06. The monoisotopic (exact) mass is 296 g/mol. The van der Waals surface area contributed by atoms with Crippen LogP contribution in [0.3, 0.4) is 0 Å². The number of aryl methyl sites for hydroxylation is 1. The van der Waals surface area contributed by atoms with E-state index in [-0.39, 0.29) is 0 Å². The summed E-state index contributed by atoms with van der Waals surface area (Å²) in [4.78, 5) is 1.07. The Morgan fingerprint density at radius 1 is 1.21 bits per heavy atom. The Morgan fingerprint density at radius 3 is 2.58 bits per heavy atom. The predicted molar refractivity (Wildman–Crippen MR) is 78.3 cm³/mol. The van der Waals surface area contributed by atoms with Crippen LogP contribution in [-0.4, -0.2) is 10.9 Å². The van der Waals surface area contributed by atoms with Crippen molar-refractivity contribution >= 4 is 23.4 Å². The van der Waals surface area contributed by atoms with Crippen molar-refractivity contribution in [3.8, 4) is 0 Å². The highest BCUT2D eigenvalue weighted by atomic mass is 35.5. The van der Waals surface area contributed by atoms with Gasteiger partial charge in [0, 0.05) is 21.2 Å². The molecule has 2 rings (SSSR count). The van der Waals surface area contributed by atoms with Crippen molar-refractivity contribution in [3.63, 3.8) is 0 Å². The number of thioether (sulfide) groups is 1. The second-order valence-electron chi connectivity index (χ2n) is 4.31. The molecule has 100 valence electrons. The zero-order chi connectivity index (χ0) is 13.8. The van der Waals surface area contributed by atoms with Crippen LogP contribution in [0.5, 0.6) is 0 Å². The molecule has 0 amide bonds. The zero-order valence-electron chi connectivity index (χ0n) is 10.4. The largest absolute Gasteiger partial charge is 0.387 e. The van der Waals surface area contributed by atoms with Gasteiger partial charge in [0.05, 0.1) is 6.10 Å². The molecule has 0 spiro atoms. The van der Waals surface area contributed by atoms with E-state index >= 15 is 0 Å². The summed E-state index contributed by atoms with van der Waals surface area (Å²) in [7, 11) is 0. The van der Waals surface area contributed by atoms with E-state index < -0.39 is 11.9 Å². The average molecular weight is 297 g/mol. The van der Waals surface area contributed by atoms with E-state index in [2.05, 4.69) is 0 Å². The molecule has 2 aromatic rings. The molecule has 1 unspecified atom stereocenters. The van der Waals surface area contributed by atoms with Gasteiger partial charge in [-0.1, -0.05) is 29.3 Å². The fraction of sp³-hybridized carbons (Fsp3) is 0.200. The minimum Gasteiger partial charge on any atom is -0.387 e. The van der Waals surface area contributed by atoms with Gasteiger partial charge in [-0.2, -0.15) is 0 Å². The van der Waals surface area contributed by atoms with Gasteiger partial charge in [-0.3, -0.25) is 0 Å². The standard InChI is InChI=1S/C15H14ClFOS/c1-10-2-5-12(6-3-10)19-9-15(18)13-8-11(17)4-7-14(13)16/h2-8,15,18H,9H2,1H3. The summed E-state index contributed by atoms with van der Waals surface area (Å²) >= 11 is 7.47. The molecule has 0 aliphatic rings. The Kier molecular flexibility index (Phi) is 4.86. The van der Waals surface area contributed by atoms with Crippen LogP contribution < -0.4 is 0 Å². The van der Waals surface area contributed by atoms with Gasteiger partial charge in [0.2, 0.25) is 0 Å². The molecule has 1 N–H and O–H groups in total. The first kappa shape index (κ1) is 14.4. The molecule has 0 saturated heterocycles. The molecule has 0 aliphatic heterocycles. The minimum atomic E-state index is -0.783. The molecule has 0 bridgehead atoms. The summed E-state index contributed by atoms with van der Waals surface area (Å²) in [6.07, 6.45) is -0.783. The molecule has 0 aliphatic carbocycles. The molecule has 0 saturated carbocycles. The number of hydrogen-bond acceptors (Lipinski definition) is 2. The van der Waals surface area contributed by atoms with Crippen molar-refractivity contribution in [2.24, 2.45) is 0 Å². The van der Waals surface area contributed by atoms with Crippen LogP contribution in [0.15, 0.2) is 47.4 Å². The first-order valence-electron chi connectivity index (χ1n) is 5.89. The second kappa shape index (κ2) is 6.42. The van der Waals surface area contributed by atoms with Gasteiger partial charge < -0.3 is 5.11 Å². The molecule has 19 heavy (non-hydrogen) atoms.